The molecule has 0 saturated heterocycles. The zero-order chi connectivity index (χ0) is 16.7. The third-order valence-corrected chi connectivity index (χ3v) is 5.35. The van der Waals surface area contributed by atoms with Crippen molar-refractivity contribution in [3.05, 3.63) is 76.9 Å². The van der Waals surface area contributed by atoms with Crippen molar-refractivity contribution >= 4 is 5.97 Å². The van der Waals surface area contributed by atoms with Crippen LogP contribution in [0.3, 0.4) is 0 Å². The number of carbonyl (C=O) groups is 1. The molecule has 24 heavy (non-hydrogen) atoms. The molecule has 0 aliphatic heterocycles. The maximum atomic E-state index is 12.2. The highest BCUT2D eigenvalue weighted by atomic mass is 16.5. The van der Waals surface area contributed by atoms with E-state index in [1.54, 1.807) is 7.11 Å². The van der Waals surface area contributed by atoms with Crippen LogP contribution in [0, 0.1) is 0 Å². The minimum atomic E-state index is -0.201. The van der Waals surface area contributed by atoms with E-state index in [1.165, 1.54) is 23.8 Å². The molecule has 0 N–H and O–H groups in total. The molecule has 0 heterocycles. The Bertz CT molecular complexity index is 804. The molecule has 2 aromatic rings. The first-order valence-electron chi connectivity index (χ1n) is 8.25. The topological polar surface area (TPSA) is 35.5 Å². The Kier molecular flexibility index (Phi) is 3.64. The zero-order valence-corrected chi connectivity index (χ0v) is 13.9. The predicted molar refractivity (Wildman–Crippen MR) is 92.4 cm³/mol. The first-order chi connectivity index (χ1) is 11.7. The van der Waals surface area contributed by atoms with Gasteiger partial charge in [0.1, 0.15) is 5.75 Å². The van der Waals surface area contributed by atoms with Crippen molar-refractivity contribution in [2.75, 3.05) is 14.2 Å². The van der Waals surface area contributed by atoms with Crippen molar-refractivity contribution in [1.29, 1.82) is 0 Å². The summed E-state index contributed by atoms with van der Waals surface area (Å²) in [6.07, 6.45) is 3.06. The largest absolute Gasteiger partial charge is 0.497 e. The Labute approximate surface area is 141 Å². The van der Waals surface area contributed by atoms with Gasteiger partial charge in [-0.25, -0.2) is 4.79 Å². The maximum Gasteiger partial charge on any atom is 0.334 e. The number of allylic oxidation sites excluding steroid dienone is 1. The summed E-state index contributed by atoms with van der Waals surface area (Å²) >= 11 is 0. The van der Waals surface area contributed by atoms with E-state index in [9.17, 15) is 4.79 Å². The van der Waals surface area contributed by atoms with Gasteiger partial charge in [0, 0.05) is 17.4 Å². The fourth-order valence-corrected chi connectivity index (χ4v) is 4.21. The minimum Gasteiger partial charge on any atom is -0.497 e. The van der Waals surface area contributed by atoms with Crippen molar-refractivity contribution < 1.29 is 14.3 Å². The molecule has 3 aliphatic rings. The van der Waals surface area contributed by atoms with Crippen molar-refractivity contribution in [3.63, 3.8) is 0 Å². The van der Waals surface area contributed by atoms with Crippen LogP contribution < -0.4 is 4.74 Å². The molecule has 122 valence electrons. The standard InChI is InChI=1S/C21H20O3/c1-23-14-9-7-13(8-10-14)17-11-19-16-6-4-3-5-15(16)18(17)12-20(19)21(22)24-2/h3-10,12,17-19H,11H2,1-2H3. The number of carbonyl (C=O) groups excluding carboxylic acids is 1. The second-order valence-electron chi connectivity index (χ2n) is 6.44. The maximum absolute atomic E-state index is 12.2. The number of ether oxygens (including phenoxy) is 2. The highest BCUT2D eigenvalue weighted by Gasteiger charge is 2.42. The van der Waals surface area contributed by atoms with Crippen molar-refractivity contribution in [2.24, 2.45) is 0 Å². The fraction of sp³-hybridized carbons (Fsp3) is 0.286. The van der Waals surface area contributed by atoms with E-state index in [0.29, 0.717) is 5.92 Å². The summed E-state index contributed by atoms with van der Waals surface area (Å²) < 4.78 is 10.3. The molecule has 3 unspecified atom stereocenters. The smallest absolute Gasteiger partial charge is 0.334 e. The second kappa shape index (κ2) is 5.82. The first kappa shape index (κ1) is 15.0. The van der Waals surface area contributed by atoms with Gasteiger partial charge in [0.2, 0.25) is 0 Å². The number of esters is 1. The lowest BCUT2D eigenvalue weighted by Gasteiger charge is -2.42. The summed E-state index contributed by atoms with van der Waals surface area (Å²) in [4.78, 5) is 12.2. The van der Waals surface area contributed by atoms with Crippen molar-refractivity contribution in [2.45, 2.75) is 24.2 Å². The monoisotopic (exact) mass is 320 g/mol. The lowest BCUT2D eigenvalue weighted by molar-refractivity contribution is -0.136. The normalized spacial score (nSPS) is 24.1. The molecule has 3 aliphatic carbocycles. The Hall–Kier alpha value is -2.55. The number of rotatable bonds is 3. The number of fused-ring (bicyclic) bond motifs is 1. The van der Waals surface area contributed by atoms with Crippen LogP contribution in [0.4, 0.5) is 0 Å². The lowest BCUT2D eigenvalue weighted by Crippen LogP contribution is -2.31. The molecular formula is C21H20O3. The molecule has 3 heteroatoms. The Morgan fingerprint density at radius 3 is 2.38 bits per heavy atom. The van der Waals surface area contributed by atoms with E-state index < -0.39 is 0 Å². The quantitative estimate of drug-likeness (QED) is 0.797. The van der Waals surface area contributed by atoms with Gasteiger partial charge in [0.15, 0.2) is 0 Å². The number of hydrogen-bond acceptors (Lipinski definition) is 3. The predicted octanol–water partition coefficient (Wildman–Crippen LogP) is 4.16. The molecule has 0 amide bonds. The third-order valence-electron chi connectivity index (χ3n) is 5.35. The average molecular weight is 320 g/mol. The van der Waals surface area contributed by atoms with Crippen LogP contribution in [0.1, 0.15) is 40.9 Å². The van der Waals surface area contributed by atoms with Gasteiger partial charge in [-0.3, -0.25) is 0 Å². The average Bonchev–Trinajstić information content (AvgIpc) is 2.67. The number of hydrogen-bond donors (Lipinski definition) is 0. The molecule has 2 bridgehead atoms. The summed E-state index contributed by atoms with van der Waals surface area (Å²) in [5.74, 6) is 1.38. The minimum absolute atomic E-state index is 0.116. The van der Waals surface area contributed by atoms with E-state index in [4.69, 9.17) is 9.47 Å². The van der Waals surface area contributed by atoms with E-state index in [0.717, 1.165) is 17.7 Å². The molecule has 0 saturated carbocycles. The zero-order valence-electron chi connectivity index (χ0n) is 13.9. The molecular weight excluding hydrogens is 300 g/mol. The van der Waals surface area contributed by atoms with Gasteiger partial charge in [-0.15, -0.1) is 0 Å². The molecule has 0 spiro atoms. The second-order valence-corrected chi connectivity index (χ2v) is 6.44. The van der Waals surface area contributed by atoms with Gasteiger partial charge in [-0.05, 0) is 41.2 Å². The molecule has 5 rings (SSSR count). The van der Waals surface area contributed by atoms with Crippen molar-refractivity contribution in [3.8, 4) is 5.75 Å². The summed E-state index contributed by atoms with van der Waals surface area (Å²) in [5.41, 5.74) is 4.71. The third kappa shape index (κ3) is 2.23. The summed E-state index contributed by atoms with van der Waals surface area (Å²) in [6, 6.07) is 16.8. The van der Waals surface area contributed by atoms with Crippen LogP contribution in [0.15, 0.2) is 60.2 Å². The molecule has 0 aromatic heterocycles. The van der Waals surface area contributed by atoms with Crippen LogP contribution in [-0.2, 0) is 9.53 Å². The van der Waals surface area contributed by atoms with Crippen LogP contribution in [0.5, 0.6) is 5.75 Å². The van der Waals surface area contributed by atoms with Crippen LogP contribution >= 0.6 is 0 Å². The fourth-order valence-electron chi connectivity index (χ4n) is 4.21. The highest BCUT2D eigenvalue weighted by molar-refractivity contribution is 5.91. The molecule has 0 radical (unpaired) electrons. The summed E-state index contributed by atoms with van der Waals surface area (Å²) in [7, 11) is 3.14. The summed E-state index contributed by atoms with van der Waals surface area (Å²) in [5, 5.41) is 0. The molecule has 2 aromatic carbocycles. The summed E-state index contributed by atoms with van der Waals surface area (Å²) in [6.45, 7) is 0. The highest BCUT2D eigenvalue weighted by Crippen LogP contribution is 2.55. The van der Waals surface area contributed by atoms with Gasteiger partial charge in [0.05, 0.1) is 14.2 Å². The first-order valence-corrected chi connectivity index (χ1v) is 8.25. The van der Waals surface area contributed by atoms with Gasteiger partial charge in [-0.2, -0.15) is 0 Å². The van der Waals surface area contributed by atoms with Gasteiger partial charge >= 0.3 is 5.97 Å². The van der Waals surface area contributed by atoms with E-state index in [-0.39, 0.29) is 17.8 Å². The number of methoxy groups -OCH3 is 2. The molecule has 3 atom stereocenters. The Balaban J connectivity index is 1.78. The van der Waals surface area contributed by atoms with E-state index in [2.05, 4.69) is 42.5 Å². The molecule has 0 fully saturated rings. The van der Waals surface area contributed by atoms with Gasteiger partial charge < -0.3 is 9.47 Å². The lowest BCUT2D eigenvalue weighted by atomic mass is 9.61. The van der Waals surface area contributed by atoms with Gasteiger partial charge in [-0.1, -0.05) is 42.5 Å². The van der Waals surface area contributed by atoms with Crippen LogP contribution in [0.25, 0.3) is 0 Å². The van der Waals surface area contributed by atoms with Crippen molar-refractivity contribution in [1.82, 2.24) is 0 Å². The van der Waals surface area contributed by atoms with Crippen LogP contribution in [0.2, 0.25) is 0 Å². The Morgan fingerprint density at radius 1 is 1.00 bits per heavy atom. The van der Waals surface area contributed by atoms with Gasteiger partial charge in [0.25, 0.3) is 0 Å². The Morgan fingerprint density at radius 2 is 1.71 bits per heavy atom. The SMILES string of the molecule is COC(=O)C1=CC2c3ccccc3C1CC2c1ccc(OC)cc1. The molecule has 3 nitrogen and oxygen atoms in total. The van der Waals surface area contributed by atoms with Crippen LogP contribution in [-0.4, -0.2) is 20.2 Å². The number of benzene rings is 2. The van der Waals surface area contributed by atoms with E-state index >= 15 is 0 Å². The van der Waals surface area contributed by atoms with E-state index in [1.807, 2.05) is 12.1 Å².